The summed E-state index contributed by atoms with van der Waals surface area (Å²) < 4.78 is 46.6. The van der Waals surface area contributed by atoms with E-state index in [9.17, 15) is 18.0 Å². The third-order valence-electron chi connectivity index (χ3n) is 4.10. The Morgan fingerprint density at radius 1 is 1.19 bits per heavy atom. The second-order valence-electron chi connectivity index (χ2n) is 5.89. The van der Waals surface area contributed by atoms with E-state index in [4.69, 9.17) is 4.42 Å². The Balaban J connectivity index is 1.97. The van der Waals surface area contributed by atoms with Gasteiger partial charge in [0.15, 0.2) is 6.61 Å². The molecule has 27 heavy (non-hydrogen) atoms. The number of amides is 1. The average Bonchev–Trinajstić information content (AvgIpc) is 3.17. The second kappa shape index (κ2) is 9.45. The predicted molar refractivity (Wildman–Crippen MR) is 94.7 cm³/mol. The van der Waals surface area contributed by atoms with E-state index in [0.717, 1.165) is 18.8 Å². The number of benzene rings is 1. The fourth-order valence-electron chi connectivity index (χ4n) is 2.71. The number of nitrogens with zero attached hydrogens (tertiary/aromatic N) is 1. The van der Waals surface area contributed by atoms with Gasteiger partial charge >= 0.3 is 6.18 Å². The van der Waals surface area contributed by atoms with Gasteiger partial charge in [-0.15, -0.1) is 0 Å². The topological polar surface area (TPSA) is 54.7 Å². The van der Waals surface area contributed by atoms with Gasteiger partial charge in [-0.1, -0.05) is 13.8 Å². The molecule has 2 aromatic rings. The van der Waals surface area contributed by atoms with Gasteiger partial charge in [0.1, 0.15) is 11.5 Å². The van der Waals surface area contributed by atoms with Crippen LogP contribution in [0.3, 0.4) is 0 Å². The van der Waals surface area contributed by atoms with Gasteiger partial charge in [0.2, 0.25) is 0 Å². The molecule has 5 nitrogen and oxygen atoms in total. The first-order chi connectivity index (χ1) is 12.8. The lowest BCUT2D eigenvalue weighted by atomic mass is 10.1. The molecule has 0 aliphatic carbocycles. The lowest BCUT2D eigenvalue weighted by Gasteiger charge is -2.28. The molecule has 1 aromatic heterocycles. The minimum atomic E-state index is -4.40. The Kier molecular flexibility index (Phi) is 7.29. The molecule has 0 saturated carbocycles. The minimum Gasteiger partial charge on any atom is -0.484 e. The monoisotopic (exact) mass is 384 g/mol. The van der Waals surface area contributed by atoms with E-state index in [2.05, 4.69) is 15.0 Å². The number of rotatable bonds is 9. The van der Waals surface area contributed by atoms with E-state index < -0.39 is 12.8 Å². The van der Waals surface area contributed by atoms with Crippen LogP contribution in [-0.4, -0.2) is 43.2 Å². The Bertz CT molecular complexity index is 696. The molecule has 1 aromatic carbocycles. The Labute approximate surface area is 156 Å². The molecule has 148 valence electrons. The van der Waals surface area contributed by atoms with Gasteiger partial charge in [-0.05, 0) is 49.5 Å². The van der Waals surface area contributed by atoms with Crippen molar-refractivity contribution < 1.29 is 27.1 Å². The highest BCUT2D eigenvalue weighted by molar-refractivity contribution is 5.94. The molecule has 0 bridgehead atoms. The molecule has 0 saturated heterocycles. The lowest BCUT2D eigenvalue weighted by Crippen LogP contribution is -2.37. The molecule has 0 radical (unpaired) electrons. The number of hydrogen-bond donors (Lipinski definition) is 1. The van der Waals surface area contributed by atoms with Crippen LogP contribution in [0.1, 0.15) is 36.0 Å². The maximum absolute atomic E-state index is 12.4. The largest absolute Gasteiger partial charge is 0.484 e. The van der Waals surface area contributed by atoms with Crippen molar-refractivity contribution in [3.63, 3.8) is 0 Å². The van der Waals surface area contributed by atoms with Crippen LogP contribution in [0.2, 0.25) is 0 Å². The summed E-state index contributed by atoms with van der Waals surface area (Å²) in [7, 11) is 0. The molecular formula is C19H23F3N2O3. The zero-order valence-electron chi connectivity index (χ0n) is 15.3. The molecule has 1 N–H and O–H groups in total. The van der Waals surface area contributed by atoms with Gasteiger partial charge in [-0.2, -0.15) is 13.2 Å². The standard InChI is InChI=1S/C19H23F3N2O3/c1-3-24(4-2)16(17-6-5-11-26-17)12-23-18(25)14-7-9-15(10-8-14)27-13-19(20,21)22/h5-11,16H,3-4,12-13H2,1-2H3,(H,23,25). The molecule has 1 atom stereocenters. The summed E-state index contributed by atoms with van der Waals surface area (Å²) in [5.41, 5.74) is 0.340. The van der Waals surface area contributed by atoms with Crippen LogP contribution >= 0.6 is 0 Å². The number of alkyl halides is 3. The first-order valence-corrected chi connectivity index (χ1v) is 8.69. The maximum atomic E-state index is 12.4. The van der Waals surface area contributed by atoms with Crippen molar-refractivity contribution >= 4 is 5.91 Å². The zero-order valence-corrected chi connectivity index (χ0v) is 15.3. The summed E-state index contributed by atoms with van der Waals surface area (Å²) in [4.78, 5) is 14.5. The number of likely N-dealkylation sites (N-methyl/N-ethyl adjacent to an activating group) is 1. The molecule has 1 unspecified atom stereocenters. The van der Waals surface area contributed by atoms with E-state index in [1.54, 1.807) is 12.3 Å². The fourth-order valence-corrected chi connectivity index (χ4v) is 2.71. The summed E-state index contributed by atoms with van der Waals surface area (Å²) in [6.07, 6.45) is -2.81. The number of hydrogen-bond acceptors (Lipinski definition) is 4. The highest BCUT2D eigenvalue weighted by Crippen LogP contribution is 2.21. The number of carbonyl (C=O) groups is 1. The van der Waals surface area contributed by atoms with Crippen molar-refractivity contribution in [3.8, 4) is 5.75 Å². The second-order valence-corrected chi connectivity index (χ2v) is 5.89. The Morgan fingerprint density at radius 3 is 2.37 bits per heavy atom. The first kappa shape index (κ1) is 20.8. The van der Waals surface area contributed by atoms with E-state index in [0.29, 0.717) is 12.1 Å². The number of nitrogens with one attached hydrogen (secondary N) is 1. The van der Waals surface area contributed by atoms with Crippen molar-refractivity contribution in [3.05, 3.63) is 54.0 Å². The molecule has 2 rings (SSSR count). The van der Waals surface area contributed by atoms with Crippen LogP contribution < -0.4 is 10.1 Å². The normalized spacial score (nSPS) is 12.8. The maximum Gasteiger partial charge on any atom is 0.422 e. The van der Waals surface area contributed by atoms with Crippen LogP contribution in [0.4, 0.5) is 13.2 Å². The average molecular weight is 384 g/mol. The van der Waals surface area contributed by atoms with Crippen LogP contribution in [-0.2, 0) is 0 Å². The molecule has 0 fully saturated rings. The summed E-state index contributed by atoms with van der Waals surface area (Å²) in [5, 5.41) is 2.85. The van der Waals surface area contributed by atoms with Gasteiger partial charge in [-0.3, -0.25) is 9.69 Å². The third-order valence-corrected chi connectivity index (χ3v) is 4.10. The summed E-state index contributed by atoms with van der Waals surface area (Å²) >= 11 is 0. The molecule has 0 aliphatic heterocycles. The molecular weight excluding hydrogens is 361 g/mol. The van der Waals surface area contributed by atoms with E-state index >= 15 is 0 Å². The molecule has 8 heteroatoms. The summed E-state index contributed by atoms with van der Waals surface area (Å²) in [6, 6.07) is 9.11. The van der Waals surface area contributed by atoms with E-state index in [1.807, 2.05) is 19.9 Å². The smallest absolute Gasteiger partial charge is 0.422 e. The minimum absolute atomic E-state index is 0.0560. The third kappa shape index (κ3) is 6.32. The van der Waals surface area contributed by atoms with Crippen molar-refractivity contribution in [1.82, 2.24) is 10.2 Å². The number of halogens is 3. The van der Waals surface area contributed by atoms with Gasteiger partial charge in [-0.25, -0.2) is 0 Å². The number of furan rings is 1. The van der Waals surface area contributed by atoms with Gasteiger partial charge in [0, 0.05) is 12.1 Å². The van der Waals surface area contributed by atoms with Crippen molar-refractivity contribution in [2.75, 3.05) is 26.2 Å². The van der Waals surface area contributed by atoms with Crippen LogP contribution in [0.5, 0.6) is 5.75 Å². The van der Waals surface area contributed by atoms with Gasteiger partial charge in [0.25, 0.3) is 5.91 Å². The zero-order chi connectivity index (χ0) is 19.9. The van der Waals surface area contributed by atoms with E-state index in [1.165, 1.54) is 24.3 Å². The number of ether oxygens (including phenoxy) is 1. The van der Waals surface area contributed by atoms with Gasteiger partial charge < -0.3 is 14.5 Å². The molecule has 0 aliphatic rings. The molecule has 0 spiro atoms. The van der Waals surface area contributed by atoms with Crippen LogP contribution in [0, 0.1) is 0 Å². The lowest BCUT2D eigenvalue weighted by molar-refractivity contribution is -0.153. The SMILES string of the molecule is CCN(CC)C(CNC(=O)c1ccc(OCC(F)(F)F)cc1)c1ccco1. The Morgan fingerprint density at radius 2 is 1.85 bits per heavy atom. The Hall–Kier alpha value is -2.48. The summed E-state index contributed by atoms with van der Waals surface area (Å²) in [6.45, 7) is 4.63. The van der Waals surface area contributed by atoms with Crippen molar-refractivity contribution in [1.29, 1.82) is 0 Å². The van der Waals surface area contributed by atoms with Crippen molar-refractivity contribution in [2.24, 2.45) is 0 Å². The number of carbonyl (C=O) groups excluding carboxylic acids is 1. The fraction of sp³-hybridized carbons (Fsp3) is 0.421. The van der Waals surface area contributed by atoms with Crippen molar-refractivity contribution in [2.45, 2.75) is 26.1 Å². The summed E-state index contributed by atoms with van der Waals surface area (Å²) in [5.74, 6) is 0.497. The van der Waals surface area contributed by atoms with Gasteiger partial charge in [0.05, 0.1) is 12.3 Å². The molecule has 1 amide bonds. The van der Waals surface area contributed by atoms with E-state index in [-0.39, 0.29) is 17.7 Å². The highest BCUT2D eigenvalue weighted by Gasteiger charge is 2.28. The van der Waals surface area contributed by atoms with Crippen LogP contribution in [0.25, 0.3) is 0 Å². The highest BCUT2D eigenvalue weighted by atomic mass is 19.4. The predicted octanol–water partition coefficient (Wildman–Crippen LogP) is 4.03. The first-order valence-electron chi connectivity index (χ1n) is 8.69. The molecule has 1 heterocycles. The quantitative estimate of drug-likeness (QED) is 0.709. The van der Waals surface area contributed by atoms with Crippen LogP contribution in [0.15, 0.2) is 47.1 Å².